The normalized spacial score (nSPS) is 16.7. The quantitative estimate of drug-likeness (QED) is 0.862. The van der Waals surface area contributed by atoms with Gasteiger partial charge in [0.05, 0.1) is 6.61 Å². The third kappa shape index (κ3) is 3.99. The Kier molecular flexibility index (Phi) is 4.68. The molecule has 1 atom stereocenters. The Balaban J connectivity index is 1.81. The molecule has 3 heteroatoms. The molecule has 0 saturated heterocycles. The van der Waals surface area contributed by atoms with Gasteiger partial charge in [-0.05, 0) is 49.9 Å². The maximum atomic E-state index is 5.88. The van der Waals surface area contributed by atoms with Gasteiger partial charge >= 0.3 is 0 Å². The Morgan fingerprint density at radius 2 is 1.94 bits per heavy atom. The minimum atomic E-state index is 0.551. The van der Waals surface area contributed by atoms with Crippen LogP contribution in [0.3, 0.4) is 0 Å². The lowest BCUT2D eigenvalue weighted by atomic mass is 10.1. The van der Waals surface area contributed by atoms with Crippen LogP contribution in [0.5, 0.6) is 5.75 Å². The van der Waals surface area contributed by atoms with E-state index >= 15 is 0 Å². The molecule has 2 nitrogen and oxygen atoms in total. The van der Waals surface area contributed by atoms with Crippen LogP contribution in [0, 0.1) is 19.8 Å². The van der Waals surface area contributed by atoms with Crippen molar-refractivity contribution in [2.75, 3.05) is 13.2 Å². The summed E-state index contributed by atoms with van der Waals surface area (Å²) in [5, 5.41) is 3.54. The molecule has 1 fully saturated rings. The molecule has 1 aliphatic carbocycles. The summed E-state index contributed by atoms with van der Waals surface area (Å²) in [5.41, 5.74) is 2.46. The summed E-state index contributed by atoms with van der Waals surface area (Å²) >= 11 is 3.58. The number of hydrogen-bond donors (Lipinski definition) is 1. The molecule has 1 aromatic rings. The predicted molar refractivity (Wildman–Crippen MR) is 79.3 cm³/mol. The molecule has 18 heavy (non-hydrogen) atoms. The molecule has 0 amide bonds. The number of nitrogens with one attached hydrogen (secondary N) is 1. The molecule has 0 aliphatic heterocycles. The molecule has 0 aromatic heterocycles. The third-order valence-electron chi connectivity index (χ3n) is 3.28. The minimum absolute atomic E-state index is 0.551. The van der Waals surface area contributed by atoms with Crippen molar-refractivity contribution in [3.63, 3.8) is 0 Å². The van der Waals surface area contributed by atoms with Crippen LogP contribution in [0.2, 0.25) is 0 Å². The fourth-order valence-electron chi connectivity index (χ4n) is 1.94. The van der Waals surface area contributed by atoms with Crippen LogP contribution in [-0.2, 0) is 0 Å². The van der Waals surface area contributed by atoms with Crippen LogP contribution in [0.4, 0.5) is 0 Å². The van der Waals surface area contributed by atoms with E-state index in [0.29, 0.717) is 5.92 Å². The lowest BCUT2D eigenvalue weighted by Crippen LogP contribution is -2.26. The van der Waals surface area contributed by atoms with Crippen LogP contribution in [-0.4, -0.2) is 19.2 Å². The van der Waals surface area contributed by atoms with Gasteiger partial charge in [0, 0.05) is 23.0 Å². The van der Waals surface area contributed by atoms with E-state index in [-0.39, 0.29) is 0 Å². The third-order valence-corrected chi connectivity index (χ3v) is 4.53. The molecule has 1 unspecified atom stereocenters. The Bertz CT molecular complexity index is 392. The monoisotopic (exact) mass is 311 g/mol. The second-order valence-electron chi connectivity index (χ2n) is 5.47. The Morgan fingerprint density at radius 3 is 2.50 bits per heavy atom. The zero-order chi connectivity index (χ0) is 13.1. The number of hydrogen-bond acceptors (Lipinski definition) is 2. The molecule has 1 aromatic carbocycles. The zero-order valence-electron chi connectivity index (χ0n) is 11.4. The summed E-state index contributed by atoms with van der Waals surface area (Å²) in [6.45, 7) is 8.26. The Labute approximate surface area is 118 Å². The highest BCUT2D eigenvalue weighted by molar-refractivity contribution is 9.10. The summed E-state index contributed by atoms with van der Waals surface area (Å²) in [5.74, 6) is 1.53. The SMILES string of the molecule is Cc1cc(OCC(C)CNC2CC2)cc(C)c1Br. The standard InChI is InChI=1S/C15H22BrNO/c1-10(8-17-13-4-5-13)9-18-14-6-11(2)15(16)12(3)7-14/h6-7,10,13,17H,4-5,8-9H2,1-3H3. The van der Waals surface area contributed by atoms with Gasteiger partial charge in [0.15, 0.2) is 0 Å². The number of halogens is 1. The van der Waals surface area contributed by atoms with Crippen molar-refractivity contribution in [2.45, 2.75) is 39.7 Å². The molecular weight excluding hydrogens is 290 g/mol. The largest absolute Gasteiger partial charge is 0.493 e. The highest BCUT2D eigenvalue weighted by Gasteiger charge is 2.20. The smallest absolute Gasteiger partial charge is 0.119 e. The highest BCUT2D eigenvalue weighted by atomic mass is 79.9. The van der Waals surface area contributed by atoms with Gasteiger partial charge in [-0.2, -0.15) is 0 Å². The van der Waals surface area contributed by atoms with Crippen molar-refractivity contribution < 1.29 is 4.74 Å². The molecule has 1 saturated carbocycles. The molecule has 0 bridgehead atoms. The van der Waals surface area contributed by atoms with E-state index in [2.05, 4.69) is 54.2 Å². The zero-order valence-corrected chi connectivity index (χ0v) is 13.0. The van der Waals surface area contributed by atoms with E-state index in [9.17, 15) is 0 Å². The fraction of sp³-hybridized carbons (Fsp3) is 0.600. The van der Waals surface area contributed by atoms with Crippen molar-refractivity contribution in [3.05, 3.63) is 27.7 Å². The van der Waals surface area contributed by atoms with Gasteiger partial charge in [0.1, 0.15) is 5.75 Å². The maximum Gasteiger partial charge on any atom is 0.119 e. The van der Waals surface area contributed by atoms with E-state index in [0.717, 1.165) is 24.9 Å². The molecule has 0 radical (unpaired) electrons. The van der Waals surface area contributed by atoms with Crippen LogP contribution >= 0.6 is 15.9 Å². The van der Waals surface area contributed by atoms with Gasteiger partial charge in [-0.15, -0.1) is 0 Å². The molecule has 0 spiro atoms. The lowest BCUT2D eigenvalue weighted by molar-refractivity contribution is 0.255. The molecule has 0 heterocycles. The maximum absolute atomic E-state index is 5.88. The van der Waals surface area contributed by atoms with Crippen LogP contribution in [0.25, 0.3) is 0 Å². The topological polar surface area (TPSA) is 21.3 Å². The summed E-state index contributed by atoms with van der Waals surface area (Å²) in [4.78, 5) is 0. The van der Waals surface area contributed by atoms with Crippen molar-refractivity contribution in [2.24, 2.45) is 5.92 Å². The number of ether oxygens (including phenoxy) is 1. The van der Waals surface area contributed by atoms with Gasteiger partial charge in [0.2, 0.25) is 0 Å². The van der Waals surface area contributed by atoms with Crippen LogP contribution in [0.15, 0.2) is 16.6 Å². The van der Waals surface area contributed by atoms with Gasteiger partial charge in [0.25, 0.3) is 0 Å². The van der Waals surface area contributed by atoms with E-state index in [1.807, 2.05) is 0 Å². The van der Waals surface area contributed by atoms with Gasteiger partial charge in [-0.25, -0.2) is 0 Å². The molecule has 100 valence electrons. The Morgan fingerprint density at radius 1 is 1.33 bits per heavy atom. The average Bonchev–Trinajstić information content (AvgIpc) is 3.14. The predicted octanol–water partition coefficient (Wildman–Crippen LogP) is 3.83. The summed E-state index contributed by atoms with van der Waals surface area (Å²) in [6, 6.07) is 4.97. The summed E-state index contributed by atoms with van der Waals surface area (Å²) in [6.07, 6.45) is 2.69. The second-order valence-corrected chi connectivity index (χ2v) is 6.26. The number of aryl methyl sites for hydroxylation is 2. The number of rotatable bonds is 6. The second kappa shape index (κ2) is 6.07. The van der Waals surface area contributed by atoms with E-state index < -0.39 is 0 Å². The average molecular weight is 312 g/mol. The number of benzene rings is 1. The van der Waals surface area contributed by atoms with Gasteiger partial charge < -0.3 is 10.1 Å². The van der Waals surface area contributed by atoms with E-state index in [1.165, 1.54) is 28.4 Å². The molecular formula is C15H22BrNO. The van der Waals surface area contributed by atoms with Crippen LogP contribution in [0.1, 0.15) is 30.9 Å². The molecule has 1 aliphatic rings. The Hall–Kier alpha value is -0.540. The first-order valence-corrected chi connectivity index (χ1v) is 7.48. The van der Waals surface area contributed by atoms with Gasteiger partial charge in [-0.3, -0.25) is 0 Å². The van der Waals surface area contributed by atoms with E-state index in [4.69, 9.17) is 4.74 Å². The molecule has 1 N–H and O–H groups in total. The first-order valence-electron chi connectivity index (χ1n) is 6.69. The minimum Gasteiger partial charge on any atom is -0.493 e. The van der Waals surface area contributed by atoms with Crippen LogP contribution < -0.4 is 10.1 Å². The lowest BCUT2D eigenvalue weighted by Gasteiger charge is -2.15. The van der Waals surface area contributed by atoms with Crippen molar-refractivity contribution >= 4 is 15.9 Å². The first-order chi connectivity index (χ1) is 8.56. The first kappa shape index (κ1) is 13.9. The fourth-order valence-corrected chi connectivity index (χ4v) is 2.17. The van der Waals surface area contributed by atoms with Crippen molar-refractivity contribution in [3.8, 4) is 5.75 Å². The van der Waals surface area contributed by atoms with Crippen molar-refractivity contribution in [1.82, 2.24) is 5.32 Å². The highest BCUT2D eigenvalue weighted by Crippen LogP contribution is 2.26. The van der Waals surface area contributed by atoms with Crippen molar-refractivity contribution in [1.29, 1.82) is 0 Å². The summed E-state index contributed by atoms with van der Waals surface area (Å²) < 4.78 is 7.06. The molecule has 2 rings (SSSR count). The summed E-state index contributed by atoms with van der Waals surface area (Å²) in [7, 11) is 0. The van der Waals surface area contributed by atoms with E-state index in [1.54, 1.807) is 0 Å². The van der Waals surface area contributed by atoms with Gasteiger partial charge in [-0.1, -0.05) is 22.9 Å².